The average Bonchev–Trinajstić information content (AvgIpc) is 3.00. The van der Waals surface area contributed by atoms with Crippen molar-refractivity contribution in [3.8, 4) is 0 Å². The molecule has 3 rings (SSSR count). The molecule has 1 aliphatic heterocycles. The number of carbonyl (C=O) groups is 2. The van der Waals surface area contributed by atoms with E-state index in [9.17, 15) is 14.7 Å². The molecule has 2 amide bonds. The van der Waals surface area contributed by atoms with Gasteiger partial charge in [0.25, 0.3) is 0 Å². The number of hydrogen-bond donors (Lipinski definition) is 1. The molecule has 0 unspecified atom stereocenters. The van der Waals surface area contributed by atoms with Crippen molar-refractivity contribution in [1.82, 2.24) is 4.90 Å². The Bertz CT molecular complexity index is 876. The molecule has 0 aromatic heterocycles. The van der Waals surface area contributed by atoms with E-state index >= 15 is 0 Å². The fourth-order valence-corrected chi connectivity index (χ4v) is 4.19. The summed E-state index contributed by atoms with van der Waals surface area (Å²) in [6.07, 6.45) is 0.193. The van der Waals surface area contributed by atoms with Crippen molar-refractivity contribution in [2.45, 2.75) is 52.2 Å². The number of imide groups is 1. The van der Waals surface area contributed by atoms with Gasteiger partial charge in [-0.05, 0) is 36.5 Å². The van der Waals surface area contributed by atoms with Crippen LogP contribution in [0.1, 0.15) is 55.9 Å². The molecule has 1 heterocycles. The first-order valence-electron chi connectivity index (χ1n) is 10.7. The maximum absolute atomic E-state index is 12.8. The van der Waals surface area contributed by atoms with Gasteiger partial charge in [0.1, 0.15) is 6.10 Å². The van der Waals surface area contributed by atoms with Crippen LogP contribution >= 0.6 is 0 Å². The van der Waals surface area contributed by atoms with Gasteiger partial charge in [0.2, 0.25) is 11.8 Å². The van der Waals surface area contributed by atoms with Crippen LogP contribution < -0.4 is 0 Å². The van der Waals surface area contributed by atoms with Gasteiger partial charge in [-0.2, -0.15) is 0 Å². The number of aliphatic hydroxyl groups excluding tert-OH is 1. The lowest BCUT2D eigenvalue weighted by molar-refractivity contribution is -0.144. The maximum Gasteiger partial charge on any atom is 0.235 e. The number of aryl methyl sites for hydroxylation is 1. The van der Waals surface area contributed by atoms with Gasteiger partial charge in [-0.1, -0.05) is 68.4 Å². The summed E-state index contributed by atoms with van der Waals surface area (Å²) in [5, 5.41) is 10.6. The zero-order valence-electron chi connectivity index (χ0n) is 18.0. The maximum atomic E-state index is 12.8. The fraction of sp³-hybridized carbons (Fsp3) is 0.440. The van der Waals surface area contributed by atoms with E-state index in [1.165, 1.54) is 4.90 Å². The van der Waals surface area contributed by atoms with Crippen molar-refractivity contribution < 1.29 is 19.4 Å². The molecular formula is C25H31NO4. The van der Waals surface area contributed by atoms with E-state index in [2.05, 4.69) is 0 Å². The molecule has 0 saturated carbocycles. The number of likely N-dealkylation sites (tertiary alicyclic amines) is 1. The van der Waals surface area contributed by atoms with Crippen LogP contribution in [0.5, 0.6) is 0 Å². The summed E-state index contributed by atoms with van der Waals surface area (Å²) < 4.78 is 6.14. The Kier molecular flexibility index (Phi) is 7.06. The highest BCUT2D eigenvalue weighted by molar-refractivity contribution is 6.05. The summed E-state index contributed by atoms with van der Waals surface area (Å²) in [5.41, 5.74) is 2.50. The number of ether oxygens (including phenoxy) is 1. The normalized spacial score (nSPS) is 17.9. The van der Waals surface area contributed by atoms with E-state index in [-0.39, 0.29) is 37.5 Å². The molecule has 1 fully saturated rings. The lowest BCUT2D eigenvalue weighted by Gasteiger charge is -2.26. The molecular weight excluding hydrogens is 378 g/mol. The van der Waals surface area contributed by atoms with Crippen LogP contribution in [0.4, 0.5) is 0 Å². The molecule has 1 N–H and O–H groups in total. The predicted molar refractivity (Wildman–Crippen MR) is 116 cm³/mol. The van der Waals surface area contributed by atoms with Crippen LogP contribution in [0.2, 0.25) is 0 Å². The van der Waals surface area contributed by atoms with Crippen LogP contribution in [-0.4, -0.2) is 41.1 Å². The molecule has 30 heavy (non-hydrogen) atoms. The molecule has 0 spiro atoms. The Hall–Kier alpha value is -2.50. The van der Waals surface area contributed by atoms with Crippen LogP contribution in [-0.2, 0) is 14.3 Å². The van der Waals surface area contributed by atoms with E-state index in [0.29, 0.717) is 12.8 Å². The van der Waals surface area contributed by atoms with Crippen LogP contribution in [0.3, 0.4) is 0 Å². The lowest BCUT2D eigenvalue weighted by Crippen LogP contribution is -2.41. The molecule has 1 aliphatic rings. The van der Waals surface area contributed by atoms with Gasteiger partial charge in [0, 0.05) is 6.42 Å². The van der Waals surface area contributed by atoms with Crippen molar-refractivity contribution in [2.24, 2.45) is 5.41 Å². The lowest BCUT2D eigenvalue weighted by atomic mass is 9.81. The molecule has 160 valence electrons. The van der Waals surface area contributed by atoms with Gasteiger partial charge < -0.3 is 9.84 Å². The second kappa shape index (κ2) is 9.54. The molecule has 2 aromatic rings. The number of carbonyl (C=O) groups excluding carboxylic acids is 2. The molecule has 1 saturated heterocycles. The van der Waals surface area contributed by atoms with Gasteiger partial charge in [0.15, 0.2) is 0 Å². The van der Waals surface area contributed by atoms with Gasteiger partial charge in [0.05, 0.1) is 24.7 Å². The van der Waals surface area contributed by atoms with E-state index in [1.54, 1.807) is 0 Å². The summed E-state index contributed by atoms with van der Waals surface area (Å²) in [7, 11) is 0. The number of rotatable bonds is 9. The summed E-state index contributed by atoms with van der Waals surface area (Å²) in [6, 6.07) is 17.8. The van der Waals surface area contributed by atoms with Crippen LogP contribution in [0.25, 0.3) is 0 Å². The van der Waals surface area contributed by atoms with Gasteiger partial charge in [-0.25, -0.2) is 0 Å². The Morgan fingerprint density at radius 1 is 1.03 bits per heavy atom. The zero-order chi connectivity index (χ0) is 21.7. The number of amides is 2. The highest BCUT2D eigenvalue weighted by Gasteiger charge is 2.49. The van der Waals surface area contributed by atoms with Gasteiger partial charge in [-0.15, -0.1) is 0 Å². The smallest absolute Gasteiger partial charge is 0.235 e. The Labute approximate surface area is 178 Å². The number of aliphatic hydroxyl groups is 1. The second-order valence-corrected chi connectivity index (χ2v) is 8.11. The molecule has 0 radical (unpaired) electrons. The standard InChI is InChI=1S/C25H31NO4/c1-4-25(5-2)15-22(28)26(24(25)29)16-20(27)17-30-23(19-12-7-6-8-13-19)21-14-10-9-11-18(21)3/h6-14,20,23,27H,4-5,15-17H2,1-3H3/t20-,23+/m0/s1. The molecule has 0 bridgehead atoms. The molecule has 2 aromatic carbocycles. The van der Waals surface area contributed by atoms with E-state index in [4.69, 9.17) is 4.74 Å². The Morgan fingerprint density at radius 3 is 2.27 bits per heavy atom. The number of β-amino-alcohol motifs (C(OH)–C–C–N with tert-alkyl or cyclic N) is 1. The summed E-state index contributed by atoms with van der Waals surface area (Å²) >= 11 is 0. The molecule has 0 aliphatic carbocycles. The van der Waals surface area contributed by atoms with Crippen LogP contribution in [0.15, 0.2) is 54.6 Å². The average molecular weight is 410 g/mol. The van der Waals surface area contributed by atoms with E-state index in [0.717, 1.165) is 16.7 Å². The molecule has 5 nitrogen and oxygen atoms in total. The number of hydrogen-bond acceptors (Lipinski definition) is 4. The monoisotopic (exact) mass is 409 g/mol. The van der Waals surface area contributed by atoms with Crippen molar-refractivity contribution >= 4 is 11.8 Å². The molecule has 5 heteroatoms. The number of benzene rings is 2. The first-order valence-corrected chi connectivity index (χ1v) is 10.7. The minimum absolute atomic E-state index is 0.0240. The highest BCUT2D eigenvalue weighted by Crippen LogP contribution is 2.39. The topological polar surface area (TPSA) is 66.8 Å². The van der Waals surface area contributed by atoms with Crippen molar-refractivity contribution in [3.63, 3.8) is 0 Å². The third kappa shape index (κ3) is 4.47. The fourth-order valence-electron chi connectivity index (χ4n) is 4.19. The van der Waals surface area contributed by atoms with Crippen LogP contribution in [0, 0.1) is 12.3 Å². The summed E-state index contributed by atoms with van der Waals surface area (Å²) in [5.74, 6) is -0.378. The first kappa shape index (κ1) is 22.2. The minimum Gasteiger partial charge on any atom is -0.389 e. The van der Waals surface area contributed by atoms with Gasteiger partial charge in [-0.3, -0.25) is 14.5 Å². The third-order valence-electron chi connectivity index (χ3n) is 6.26. The largest absolute Gasteiger partial charge is 0.389 e. The van der Waals surface area contributed by atoms with Gasteiger partial charge >= 0.3 is 0 Å². The highest BCUT2D eigenvalue weighted by atomic mass is 16.5. The summed E-state index contributed by atoms with van der Waals surface area (Å²) in [4.78, 5) is 26.5. The first-order chi connectivity index (χ1) is 14.4. The van der Waals surface area contributed by atoms with E-state index < -0.39 is 11.5 Å². The Balaban J connectivity index is 1.71. The zero-order valence-corrected chi connectivity index (χ0v) is 18.0. The third-order valence-corrected chi connectivity index (χ3v) is 6.26. The quantitative estimate of drug-likeness (QED) is 0.635. The molecule has 2 atom stereocenters. The predicted octanol–water partition coefficient (Wildman–Crippen LogP) is 4.03. The second-order valence-electron chi connectivity index (χ2n) is 8.11. The minimum atomic E-state index is -0.947. The van der Waals surface area contributed by atoms with Crippen molar-refractivity contribution in [1.29, 1.82) is 0 Å². The summed E-state index contributed by atoms with van der Waals surface area (Å²) in [6.45, 7) is 5.89. The van der Waals surface area contributed by atoms with E-state index in [1.807, 2.05) is 75.4 Å². The SMILES string of the molecule is CCC1(CC)CC(=O)N(C[C@H](O)CO[C@H](c2ccccc2)c2ccccc2C)C1=O. The number of nitrogens with zero attached hydrogens (tertiary/aromatic N) is 1. The van der Waals surface area contributed by atoms with Crippen molar-refractivity contribution in [2.75, 3.05) is 13.2 Å². The Morgan fingerprint density at radius 2 is 1.67 bits per heavy atom. The van der Waals surface area contributed by atoms with Crippen molar-refractivity contribution in [3.05, 3.63) is 71.3 Å².